The third-order valence-electron chi connectivity index (χ3n) is 4.66. The molecule has 158 valence electrons. The minimum absolute atomic E-state index is 0.0578. The predicted octanol–water partition coefficient (Wildman–Crippen LogP) is 4.08. The molecule has 0 radical (unpaired) electrons. The summed E-state index contributed by atoms with van der Waals surface area (Å²) in [5, 5.41) is 2.84. The third-order valence-corrected chi connectivity index (χ3v) is 7.01. The molecule has 29 heavy (non-hydrogen) atoms. The molecule has 0 aliphatic rings. The lowest BCUT2D eigenvalue weighted by molar-refractivity contribution is -0.121. The zero-order valence-electron chi connectivity index (χ0n) is 17.3. The summed E-state index contributed by atoms with van der Waals surface area (Å²) in [4.78, 5) is 12.5. The van der Waals surface area contributed by atoms with Crippen molar-refractivity contribution in [3.63, 3.8) is 0 Å². The van der Waals surface area contributed by atoms with Gasteiger partial charge in [0, 0.05) is 11.5 Å². The molecular weight excluding hydrogens is 456 g/mol. The SMILES string of the molecule is COc1ccc(C(C)C)cc1S(=O)(=O)N(C)CC(=O)NC(C)c1ccc(Br)cc1. The fourth-order valence-electron chi connectivity index (χ4n) is 2.83. The summed E-state index contributed by atoms with van der Waals surface area (Å²) in [6, 6.07) is 12.4. The lowest BCUT2D eigenvalue weighted by atomic mass is 10.0. The van der Waals surface area contributed by atoms with Gasteiger partial charge in [-0.1, -0.05) is 48.0 Å². The first-order valence-corrected chi connectivity index (χ1v) is 11.5. The molecule has 0 aliphatic heterocycles. The van der Waals surface area contributed by atoms with Gasteiger partial charge in [-0.05, 0) is 48.2 Å². The Kier molecular flexibility index (Phi) is 7.85. The number of carbonyl (C=O) groups excluding carboxylic acids is 1. The molecule has 1 unspecified atom stereocenters. The fourth-order valence-corrected chi connectivity index (χ4v) is 4.41. The number of halogens is 1. The molecule has 1 N–H and O–H groups in total. The Hall–Kier alpha value is -1.90. The van der Waals surface area contributed by atoms with Crippen LogP contribution in [0.2, 0.25) is 0 Å². The van der Waals surface area contributed by atoms with Crippen LogP contribution in [-0.4, -0.2) is 39.3 Å². The molecule has 0 fully saturated rings. The van der Waals surface area contributed by atoms with Crippen molar-refractivity contribution in [2.45, 2.75) is 37.6 Å². The van der Waals surface area contributed by atoms with Crippen molar-refractivity contribution >= 4 is 31.9 Å². The lowest BCUT2D eigenvalue weighted by Crippen LogP contribution is -2.39. The van der Waals surface area contributed by atoms with Gasteiger partial charge in [-0.2, -0.15) is 4.31 Å². The molecule has 0 aromatic heterocycles. The highest BCUT2D eigenvalue weighted by Crippen LogP contribution is 2.30. The van der Waals surface area contributed by atoms with Crippen molar-refractivity contribution in [2.75, 3.05) is 20.7 Å². The van der Waals surface area contributed by atoms with Crippen molar-refractivity contribution in [1.29, 1.82) is 0 Å². The second-order valence-electron chi connectivity index (χ2n) is 7.17. The Labute approximate surface area is 181 Å². The normalized spacial score (nSPS) is 12.8. The van der Waals surface area contributed by atoms with Gasteiger partial charge in [-0.25, -0.2) is 8.42 Å². The summed E-state index contributed by atoms with van der Waals surface area (Å²) in [5.74, 6) is 0.0329. The Balaban J connectivity index is 2.16. The van der Waals surface area contributed by atoms with Crippen LogP contribution in [0.5, 0.6) is 5.75 Å². The van der Waals surface area contributed by atoms with Crippen molar-refractivity contribution < 1.29 is 17.9 Å². The van der Waals surface area contributed by atoms with E-state index in [1.54, 1.807) is 12.1 Å². The Morgan fingerprint density at radius 3 is 2.24 bits per heavy atom. The number of sulfonamides is 1. The third kappa shape index (κ3) is 5.81. The summed E-state index contributed by atoms with van der Waals surface area (Å²) in [7, 11) is -1.08. The summed E-state index contributed by atoms with van der Waals surface area (Å²) >= 11 is 3.38. The molecule has 2 aromatic rings. The molecule has 8 heteroatoms. The van der Waals surface area contributed by atoms with E-state index in [2.05, 4.69) is 21.2 Å². The molecule has 0 bridgehead atoms. The van der Waals surface area contributed by atoms with E-state index in [0.29, 0.717) is 0 Å². The fraction of sp³-hybridized carbons (Fsp3) is 0.381. The molecule has 0 aliphatic carbocycles. The van der Waals surface area contributed by atoms with Crippen LogP contribution in [0.1, 0.15) is 43.9 Å². The zero-order valence-corrected chi connectivity index (χ0v) is 19.7. The smallest absolute Gasteiger partial charge is 0.246 e. The number of hydrogen-bond acceptors (Lipinski definition) is 4. The first-order valence-electron chi connectivity index (χ1n) is 9.25. The van der Waals surface area contributed by atoms with Gasteiger partial charge in [0.2, 0.25) is 15.9 Å². The summed E-state index contributed by atoms with van der Waals surface area (Å²) < 4.78 is 33.4. The monoisotopic (exact) mass is 482 g/mol. The maximum absolute atomic E-state index is 13.1. The van der Waals surface area contributed by atoms with E-state index in [9.17, 15) is 13.2 Å². The van der Waals surface area contributed by atoms with Gasteiger partial charge in [-0.3, -0.25) is 4.79 Å². The van der Waals surface area contributed by atoms with Gasteiger partial charge in [-0.15, -0.1) is 0 Å². The zero-order chi connectivity index (χ0) is 21.8. The van der Waals surface area contributed by atoms with E-state index in [0.717, 1.165) is 19.9 Å². The summed E-state index contributed by atoms with van der Waals surface area (Å²) in [5.41, 5.74) is 1.81. The molecule has 0 spiro atoms. The number of nitrogens with zero attached hydrogens (tertiary/aromatic N) is 1. The van der Waals surface area contributed by atoms with Crippen LogP contribution in [0.15, 0.2) is 51.8 Å². The number of carbonyl (C=O) groups is 1. The van der Waals surface area contributed by atoms with Gasteiger partial charge in [0.15, 0.2) is 0 Å². The van der Waals surface area contributed by atoms with Crippen LogP contribution in [-0.2, 0) is 14.8 Å². The van der Waals surface area contributed by atoms with E-state index in [-0.39, 0.29) is 35.1 Å². The van der Waals surface area contributed by atoms with Crippen molar-refractivity contribution in [2.24, 2.45) is 0 Å². The molecule has 2 aromatic carbocycles. The average molecular weight is 483 g/mol. The highest BCUT2D eigenvalue weighted by Gasteiger charge is 2.27. The molecule has 6 nitrogen and oxygen atoms in total. The van der Waals surface area contributed by atoms with Crippen molar-refractivity contribution in [3.8, 4) is 5.75 Å². The minimum atomic E-state index is -3.90. The number of methoxy groups -OCH3 is 1. The van der Waals surface area contributed by atoms with Crippen LogP contribution in [0.3, 0.4) is 0 Å². The van der Waals surface area contributed by atoms with Crippen LogP contribution < -0.4 is 10.1 Å². The molecular formula is C21H27BrN2O4S. The molecule has 1 atom stereocenters. The number of amides is 1. The van der Waals surface area contributed by atoms with Crippen molar-refractivity contribution in [1.82, 2.24) is 9.62 Å². The minimum Gasteiger partial charge on any atom is -0.495 e. The number of likely N-dealkylation sites (N-methyl/N-ethyl adjacent to an activating group) is 1. The summed E-state index contributed by atoms with van der Waals surface area (Å²) in [6.07, 6.45) is 0. The van der Waals surface area contributed by atoms with Crippen LogP contribution in [0.4, 0.5) is 0 Å². The number of hydrogen-bond donors (Lipinski definition) is 1. The lowest BCUT2D eigenvalue weighted by Gasteiger charge is -2.21. The van der Waals surface area contributed by atoms with E-state index in [1.165, 1.54) is 14.2 Å². The van der Waals surface area contributed by atoms with Crippen LogP contribution in [0, 0.1) is 0 Å². The molecule has 1 amide bonds. The van der Waals surface area contributed by atoms with E-state index in [4.69, 9.17) is 4.74 Å². The molecule has 0 heterocycles. The number of benzene rings is 2. The Morgan fingerprint density at radius 2 is 1.69 bits per heavy atom. The highest BCUT2D eigenvalue weighted by molar-refractivity contribution is 9.10. The van der Waals surface area contributed by atoms with E-state index >= 15 is 0 Å². The molecule has 2 rings (SSSR count). The van der Waals surface area contributed by atoms with Crippen LogP contribution >= 0.6 is 15.9 Å². The maximum Gasteiger partial charge on any atom is 0.246 e. The standard InChI is InChI=1S/C21H27BrN2O4S/c1-14(2)17-8-11-19(28-5)20(12-17)29(26,27)24(4)13-21(25)23-15(3)16-6-9-18(22)10-7-16/h6-12,14-15H,13H2,1-5H3,(H,23,25). The van der Waals surface area contributed by atoms with Gasteiger partial charge < -0.3 is 10.1 Å². The first kappa shape index (κ1) is 23.4. The molecule has 0 saturated heterocycles. The largest absolute Gasteiger partial charge is 0.495 e. The van der Waals surface area contributed by atoms with E-state index < -0.39 is 10.0 Å². The number of rotatable bonds is 8. The van der Waals surface area contributed by atoms with Crippen molar-refractivity contribution in [3.05, 3.63) is 58.1 Å². The topological polar surface area (TPSA) is 75.7 Å². The highest BCUT2D eigenvalue weighted by atomic mass is 79.9. The summed E-state index contributed by atoms with van der Waals surface area (Å²) in [6.45, 7) is 5.53. The molecule has 0 saturated carbocycles. The van der Waals surface area contributed by atoms with E-state index in [1.807, 2.05) is 51.1 Å². The first-order chi connectivity index (χ1) is 13.6. The second-order valence-corrected chi connectivity index (χ2v) is 10.1. The maximum atomic E-state index is 13.1. The Bertz CT molecular complexity index is 959. The average Bonchev–Trinajstić information content (AvgIpc) is 2.67. The van der Waals surface area contributed by atoms with Gasteiger partial charge in [0.05, 0.1) is 19.7 Å². The number of nitrogens with one attached hydrogen (secondary N) is 1. The van der Waals surface area contributed by atoms with Crippen LogP contribution in [0.25, 0.3) is 0 Å². The Morgan fingerprint density at radius 1 is 1.10 bits per heavy atom. The predicted molar refractivity (Wildman–Crippen MR) is 118 cm³/mol. The van der Waals surface area contributed by atoms with Gasteiger partial charge >= 0.3 is 0 Å². The number of ether oxygens (including phenoxy) is 1. The van der Waals surface area contributed by atoms with Gasteiger partial charge in [0.1, 0.15) is 10.6 Å². The van der Waals surface area contributed by atoms with Gasteiger partial charge in [0.25, 0.3) is 0 Å². The quantitative estimate of drug-likeness (QED) is 0.614. The second kappa shape index (κ2) is 9.73.